The van der Waals surface area contributed by atoms with Crippen LogP contribution in [0.5, 0.6) is 0 Å². The van der Waals surface area contributed by atoms with Crippen molar-refractivity contribution in [2.45, 2.75) is 111 Å². The number of hydrogen-bond acceptors (Lipinski definition) is 6. The fourth-order valence-electron chi connectivity index (χ4n) is 4.20. The van der Waals surface area contributed by atoms with Crippen LogP contribution in [0.2, 0.25) is 0 Å². The topological polar surface area (TPSA) is 78.9 Å². The van der Waals surface area contributed by atoms with Gasteiger partial charge < -0.3 is 14.2 Å². The van der Waals surface area contributed by atoms with E-state index in [2.05, 4.69) is 0 Å². The minimum atomic E-state index is -1.33. The molecule has 0 radical (unpaired) electrons. The van der Waals surface area contributed by atoms with Crippen molar-refractivity contribution >= 4 is 17.9 Å². The van der Waals surface area contributed by atoms with Crippen LogP contribution in [0.25, 0.3) is 0 Å². The Morgan fingerprint density at radius 3 is 2.17 bits per heavy atom. The highest BCUT2D eigenvalue weighted by Gasteiger charge is 2.59. The Kier molecular flexibility index (Phi) is 7.06. The number of rotatable bonds is 8. The van der Waals surface area contributed by atoms with E-state index in [0.29, 0.717) is 12.8 Å². The van der Waals surface area contributed by atoms with Crippen molar-refractivity contribution in [2.75, 3.05) is 6.61 Å². The third-order valence-electron chi connectivity index (χ3n) is 7.43. The number of hydrogen-bond donors (Lipinski definition) is 0. The molecular formula is C23H38O6. The second-order valence-corrected chi connectivity index (χ2v) is 9.82. The highest BCUT2D eigenvalue weighted by atomic mass is 16.6. The standard InChI is InChI=1S/C23H38O6/c1-7-20(3,4)18(25)29-22(6,21(5)14-15-27-19(21)26)16-17(24)28-23(8-2)12-10-9-11-13-23/h7-16H2,1-6H3. The third kappa shape index (κ3) is 4.77. The molecule has 1 saturated carbocycles. The van der Waals surface area contributed by atoms with Crippen LogP contribution in [0.15, 0.2) is 0 Å². The van der Waals surface area contributed by atoms with Crippen LogP contribution in [0.4, 0.5) is 0 Å². The summed E-state index contributed by atoms with van der Waals surface area (Å²) >= 11 is 0. The first kappa shape index (κ1) is 23.7. The largest absolute Gasteiger partial charge is 0.465 e. The number of esters is 3. The van der Waals surface area contributed by atoms with E-state index >= 15 is 0 Å². The Bertz CT molecular complexity index is 633. The maximum Gasteiger partial charge on any atom is 0.316 e. The van der Waals surface area contributed by atoms with Crippen LogP contribution < -0.4 is 0 Å². The van der Waals surface area contributed by atoms with Crippen molar-refractivity contribution < 1.29 is 28.6 Å². The van der Waals surface area contributed by atoms with E-state index in [9.17, 15) is 14.4 Å². The SMILES string of the molecule is CCC1(OC(=O)CC(C)(OC(=O)C(C)(C)CC)C2(C)CCOC2=O)CCCCC1. The molecule has 0 aromatic rings. The van der Waals surface area contributed by atoms with E-state index in [1.165, 1.54) is 0 Å². The van der Waals surface area contributed by atoms with Crippen LogP contribution in [-0.2, 0) is 28.6 Å². The molecule has 0 N–H and O–H groups in total. The normalized spacial score (nSPS) is 26.3. The highest BCUT2D eigenvalue weighted by molar-refractivity contribution is 5.84. The maximum atomic E-state index is 13.0. The molecule has 2 aliphatic rings. The number of ether oxygens (including phenoxy) is 3. The average Bonchev–Trinajstić information content (AvgIpc) is 3.02. The first-order chi connectivity index (χ1) is 13.4. The molecule has 166 valence electrons. The van der Waals surface area contributed by atoms with Gasteiger partial charge in [-0.25, -0.2) is 0 Å². The molecule has 2 unspecified atom stereocenters. The minimum absolute atomic E-state index is 0.161. The number of carbonyl (C=O) groups excluding carboxylic acids is 3. The molecule has 2 atom stereocenters. The summed E-state index contributed by atoms with van der Waals surface area (Å²) in [5.74, 6) is -1.27. The molecule has 0 bridgehead atoms. The zero-order valence-electron chi connectivity index (χ0n) is 19.0. The molecule has 1 heterocycles. The summed E-state index contributed by atoms with van der Waals surface area (Å²) in [7, 11) is 0. The van der Waals surface area contributed by atoms with Crippen molar-refractivity contribution in [1.29, 1.82) is 0 Å². The monoisotopic (exact) mass is 410 g/mol. The fraction of sp³-hybridized carbons (Fsp3) is 0.870. The Labute approximate surface area is 175 Å². The number of cyclic esters (lactones) is 1. The molecule has 6 heteroatoms. The summed E-state index contributed by atoms with van der Waals surface area (Å²) in [4.78, 5) is 38.5. The van der Waals surface area contributed by atoms with Gasteiger partial charge in [-0.3, -0.25) is 14.4 Å². The number of carbonyl (C=O) groups is 3. The summed E-state index contributed by atoms with van der Waals surface area (Å²) in [5, 5.41) is 0. The predicted octanol–water partition coefficient (Wildman–Crippen LogP) is 4.72. The molecule has 29 heavy (non-hydrogen) atoms. The smallest absolute Gasteiger partial charge is 0.316 e. The van der Waals surface area contributed by atoms with Gasteiger partial charge in [0.15, 0.2) is 0 Å². The van der Waals surface area contributed by atoms with Crippen LogP contribution in [0, 0.1) is 10.8 Å². The molecule has 2 rings (SSSR count). The second kappa shape index (κ2) is 8.65. The van der Waals surface area contributed by atoms with Crippen molar-refractivity contribution in [3.63, 3.8) is 0 Å². The molecule has 0 aromatic heterocycles. The minimum Gasteiger partial charge on any atom is -0.465 e. The highest BCUT2D eigenvalue weighted by Crippen LogP contribution is 2.46. The molecule has 0 amide bonds. The lowest BCUT2D eigenvalue weighted by Gasteiger charge is -2.43. The Morgan fingerprint density at radius 1 is 1.07 bits per heavy atom. The van der Waals surface area contributed by atoms with Crippen LogP contribution in [0.1, 0.15) is 99.3 Å². The van der Waals surface area contributed by atoms with E-state index in [-0.39, 0.29) is 13.0 Å². The van der Waals surface area contributed by atoms with Crippen molar-refractivity contribution in [1.82, 2.24) is 0 Å². The van der Waals surface area contributed by atoms with Crippen molar-refractivity contribution in [3.8, 4) is 0 Å². The predicted molar refractivity (Wildman–Crippen MR) is 109 cm³/mol. The quantitative estimate of drug-likeness (QED) is 0.425. The molecule has 0 aromatic carbocycles. The van der Waals surface area contributed by atoms with E-state index in [0.717, 1.165) is 38.5 Å². The van der Waals surface area contributed by atoms with Gasteiger partial charge in [0.25, 0.3) is 0 Å². The second-order valence-electron chi connectivity index (χ2n) is 9.82. The van der Waals surface area contributed by atoms with E-state index in [1.807, 2.05) is 13.8 Å². The average molecular weight is 411 g/mol. The molecule has 6 nitrogen and oxygen atoms in total. The zero-order valence-corrected chi connectivity index (χ0v) is 19.0. The van der Waals surface area contributed by atoms with E-state index in [4.69, 9.17) is 14.2 Å². The molecule has 1 aliphatic carbocycles. The zero-order chi connectivity index (χ0) is 21.9. The van der Waals surface area contributed by atoms with Gasteiger partial charge in [0, 0.05) is 6.42 Å². The summed E-state index contributed by atoms with van der Waals surface area (Å²) in [6.07, 6.45) is 6.54. The third-order valence-corrected chi connectivity index (χ3v) is 7.43. The first-order valence-corrected chi connectivity index (χ1v) is 11.1. The van der Waals surface area contributed by atoms with Gasteiger partial charge in [-0.15, -0.1) is 0 Å². The van der Waals surface area contributed by atoms with Gasteiger partial charge in [-0.05, 0) is 66.2 Å². The van der Waals surface area contributed by atoms with Gasteiger partial charge in [-0.2, -0.15) is 0 Å². The molecule has 0 spiro atoms. The van der Waals surface area contributed by atoms with Crippen molar-refractivity contribution in [3.05, 3.63) is 0 Å². The summed E-state index contributed by atoms with van der Waals surface area (Å²) < 4.78 is 17.1. The van der Waals surface area contributed by atoms with E-state index < -0.39 is 39.9 Å². The summed E-state index contributed by atoms with van der Waals surface area (Å²) in [6, 6.07) is 0. The lowest BCUT2D eigenvalue weighted by molar-refractivity contribution is -0.195. The Balaban J connectivity index is 2.26. The molecule has 2 fully saturated rings. The van der Waals surface area contributed by atoms with Crippen LogP contribution in [-0.4, -0.2) is 35.7 Å². The Hall–Kier alpha value is -1.59. The fourth-order valence-corrected chi connectivity index (χ4v) is 4.20. The van der Waals surface area contributed by atoms with Crippen LogP contribution >= 0.6 is 0 Å². The van der Waals surface area contributed by atoms with Gasteiger partial charge in [0.1, 0.15) is 16.6 Å². The van der Waals surface area contributed by atoms with Gasteiger partial charge in [0.05, 0.1) is 18.4 Å². The van der Waals surface area contributed by atoms with E-state index in [1.54, 1.807) is 27.7 Å². The molecule has 1 saturated heterocycles. The first-order valence-electron chi connectivity index (χ1n) is 11.1. The van der Waals surface area contributed by atoms with Crippen molar-refractivity contribution in [2.24, 2.45) is 10.8 Å². The molecule has 1 aliphatic heterocycles. The van der Waals surface area contributed by atoms with Crippen LogP contribution in [0.3, 0.4) is 0 Å². The van der Waals surface area contributed by atoms with Gasteiger partial charge >= 0.3 is 17.9 Å². The van der Waals surface area contributed by atoms with Gasteiger partial charge in [0.2, 0.25) is 0 Å². The lowest BCUT2D eigenvalue weighted by atomic mass is 9.71. The lowest BCUT2D eigenvalue weighted by Crippen LogP contribution is -2.53. The molecular weight excluding hydrogens is 372 g/mol. The Morgan fingerprint density at radius 2 is 1.69 bits per heavy atom. The van der Waals surface area contributed by atoms with Gasteiger partial charge in [-0.1, -0.05) is 20.3 Å². The summed E-state index contributed by atoms with van der Waals surface area (Å²) in [6.45, 7) is 11.2. The maximum absolute atomic E-state index is 13.0. The summed E-state index contributed by atoms with van der Waals surface area (Å²) in [5.41, 5.74) is -3.57.